The van der Waals surface area contributed by atoms with E-state index < -0.39 is 29.5 Å². The van der Waals surface area contributed by atoms with Crippen LogP contribution in [0.1, 0.15) is 36.0 Å². The molecule has 3 fully saturated rings. The van der Waals surface area contributed by atoms with Gasteiger partial charge in [0.05, 0.1) is 16.0 Å². The van der Waals surface area contributed by atoms with Gasteiger partial charge in [0.2, 0.25) is 5.91 Å². The molecule has 2 N–H and O–H groups in total. The van der Waals surface area contributed by atoms with Gasteiger partial charge in [-0.2, -0.15) is 26.3 Å². The van der Waals surface area contributed by atoms with Gasteiger partial charge >= 0.3 is 12.4 Å². The summed E-state index contributed by atoms with van der Waals surface area (Å²) in [6.07, 6.45) is -6.13. The smallest absolute Gasteiger partial charge is 0.354 e. The first-order valence-corrected chi connectivity index (χ1v) is 11.8. The van der Waals surface area contributed by atoms with E-state index in [-0.39, 0.29) is 35.2 Å². The number of piperidine rings is 1. The minimum atomic E-state index is -4.90. The average Bonchev–Trinajstić information content (AvgIpc) is 3.33. The third-order valence-electron chi connectivity index (χ3n) is 6.12. The molecule has 190 valence electrons. The number of amides is 2. The average molecular weight is 520 g/mol. The van der Waals surface area contributed by atoms with E-state index >= 15 is 0 Å². The molecule has 13 heteroatoms. The first-order chi connectivity index (χ1) is 16.4. The number of halogens is 6. The van der Waals surface area contributed by atoms with Crippen molar-refractivity contribution in [2.24, 2.45) is 10.9 Å². The van der Waals surface area contributed by atoms with E-state index in [1.54, 1.807) is 4.90 Å². The lowest BCUT2D eigenvalue weighted by Crippen LogP contribution is -2.33. The molecule has 3 saturated heterocycles. The Kier molecular flexibility index (Phi) is 7.18. The van der Waals surface area contributed by atoms with Gasteiger partial charge in [-0.15, -0.1) is 0 Å². The molecule has 0 unspecified atom stereocenters. The Morgan fingerprint density at radius 1 is 1.06 bits per heavy atom. The zero-order chi connectivity index (χ0) is 25.4. The second-order valence-corrected chi connectivity index (χ2v) is 9.61. The molecule has 6 nitrogen and oxygen atoms in total. The van der Waals surface area contributed by atoms with Crippen molar-refractivity contribution in [3.05, 3.63) is 45.9 Å². The van der Waals surface area contributed by atoms with Crippen LogP contribution in [0.25, 0.3) is 0 Å². The van der Waals surface area contributed by atoms with Gasteiger partial charge in [0, 0.05) is 13.1 Å². The number of likely N-dealkylation sites (tertiary alicyclic amines) is 1. The highest BCUT2D eigenvalue weighted by Crippen LogP contribution is 2.38. The summed E-state index contributed by atoms with van der Waals surface area (Å²) in [4.78, 5) is 30.4. The van der Waals surface area contributed by atoms with Crippen LogP contribution in [0, 0.1) is 5.92 Å². The van der Waals surface area contributed by atoms with Crippen LogP contribution >= 0.6 is 11.8 Å². The number of benzene rings is 1. The molecule has 4 rings (SSSR count). The van der Waals surface area contributed by atoms with Crippen LogP contribution in [0.2, 0.25) is 0 Å². The lowest BCUT2D eigenvalue weighted by atomic mass is 9.95. The molecular formula is C22H22F6N4O2S. The summed E-state index contributed by atoms with van der Waals surface area (Å²) in [5.41, 5.74) is -2.81. The Morgan fingerprint density at radius 2 is 1.77 bits per heavy atom. The van der Waals surface area contributed by atoms with Crippen LogP contribution in [0.15, 0.2) is 34.2 Å². The van der Waals surface area contributed by atoms with Crippen LogP contribution in [-0.4, -0.2) is 47.6 Å². The fraction of sp³-hybridized carbons (Fsp3) is 0.500. The van der Waals surface area contributed by atoms with Crippen molar-refractivity contribution in [1.82, 2.24) is 15.5 Å². The molecule has 0 saturated carbocycles. The van der Waals surface area contributed by atoms with Gasteiger partial charge in [0.15, 0.2) is 0 Å². The van der Waals surface area contributed by atoms with E-state index in [4.69, 9.17) is 0 Å². The quantitative estimate of drug-likeness (QED) is 0.571. The fourth-order valence-corrected chi connectivity index (χ4v) is 5.10. The maximum absolute atomic E-state index is 13.4. The number of nitrogens with one attached hydrogen (secondary N) is 2. The van der Waals surface area contributed by atoms with E-state index in [0.29, 0.717) is 55.7 Å². The van der Waals surface area contributed by atoms with Crippen molar-refractivity contribution in [2.75, 3.05) is 19.6 Å². The SMILES string of the molecule is O=C1NC(=N[C@@H]2CCNC2=O)C(=CC2CCN(Cc3ccc(C(F)(F)F)cc3C(F)(F)F)CC2)S1. The molecule has 35 heavy (non-hydrogen) atoms. The van der Waals surface area contributed by atoms with Gasteiger partial charge in [-0.25, -0.2) is 0 Å². The largest absolute Gasteiger partial charge is 0.416 e. The molecule has 1 aromatic rings. The summed E-state index contributed by atoms with van der Waals surface area (Å²) in [7, 11) is 0. The number of hydrogen-bond donors (Lipinski definition) is 2. The van der Waals surface area contributed by atoms with Gasteiger partial charge in [-0.1, -0.05) is 12.1 Å². The zero-order valence-corrected chi connectivity index (χ0v) is 19.1. The van der Waals surface area contributed by atoms with E-state index in [9.17, 15) is 35.9 Å². The van der Waals surface area contributed by atoms with Gasteiger partial charge in [0.25, 0.3) is 5.24 Å². The summed E-state index contributed by atoms with van der Waals surface area (Å²) >= 11 is 0.981. The summed E-state index contributed by atoms with van der Waals surface area (Å²) in [5, 5.41) is 5.03. The lowest BCUT2D eigenvalue weighted by molar-refractivity contribution is -0.143. The highest BCUT2D eigenvalue weighted by Gasteiger charge is 2.38. The third-order valence-corrected chi connectivity index (χ3v) is 6.95. The van der Waals surface area contributed by atoms with Gasteiger partial charge in [0.1, 0.15) is 11.9 Å². The molecule has 3 aliphatic heterocycles. The summed E-state index contributed by atoms with van der Waals surface area (Å²) in [6.45, 7) is 1.29. The van der Waals surface area contributed by atoms with E-state index in [1.165, 1.54) is 0 Å². The van der Waals surface area contributed by atoms with Crippen LogP contribution < -0.4 is 10.6 Å². The van der Waals surface area contributed by atoms with Crippen molar-refractivity contribution in [3.63, 3.8) is 0 Å². The molecule has 0 bridgehead atoms. The molecule has 0 spiro atoms. The Labute approximate surface area is 201 Å². The predicted molar refractivity (Wildman–Crippen MR) is 118 cm³/mol. The number of carbonyl (C=O) groups is 2. The minimum absolute atomic E-state index is 0.0405. The molecule has 3 heterocycles. The van der Waals surface area contributed by atoms with Crippen molar-refractivity contribution >= 4 is 28.7 Å². The van der Waals surface area contributed by atoms with Crippen molar-refractivity contribution in [1.29, 1.82) is 0 Å². The minimum Gasteiger partial charge on any atom is -0.354 e. The molecule has 0 aromatic heterocycles. The number of hydrogen-bond acceptors (Lipinski definition) is 5. The monoisotopic (exact) mass is 520 g/mol. The summed E-state index contributed by atoms with van der Waals surface area (Å²) < 4.78 is 79.0. The zero-order valence-electron chi connectivity index (χ0n) is 18.3. The molecule has 1 aromatic carbocycles. The number of alkyl halides is 6. The number of aliphatic imine (C=N–C) groups is 1. The van der Waals surface area contributed by atoms with Crippen molar-refractivity contribution in [3.8, 4) is 0 Å². The highest BCUT2D eigenvalue weighted by molar-refractivity contribution is 8.18. The standard InChI is InChI=1S/C22H22F6N4O2S/c23-21(24,25)14-2-1-13(15(10-14)22(26,27)28)11-32-7-4-12(5-8-32)9-17-18(31-20(34)35-17)30-16-3-6-29-19(16)33/h1-2,9-10,12,16H,3-8,11H2,(H,29,33)(H,30,31,34)/t16-/m1/s1. The highest BCUT2D eigenvalue weighted by atomic mass is 32.2. The second-order valence-electron chi connectivity index (χ2n) is 8.60. The van der Waals surface area contributed by atoms with Gasteiger partial charge in [-0.05, 0) is 67.7 Å². The molecule has 3 aliphatic rings. The number of allylic oxidation sites excluding steroid dienone is 1. The maximum atomic E-state index is 13.4. The van der Waals surface area contributed by atoms with E-state index in [0.717, 1.165) is 17.8 Å². The molecule has 0 aliphatic carbocycles. The lowest BCUT2D eigenvalue weighted by Gasteiger charge is -2.31. The Bertz CT molecular complexity index is 1060. The normalized spacial score (nSPS) is 24.9. The van der Waals surface area contributed by atoms with Crippen LogP contribution in [0.5, 0.6) is 0 Å². The number of amidine groups is 1. The third kappa shape index (κ3) is 6.18. The van der Waals surface area contributed by atoms with Crippen LogP contribution in [0.4, 0.5) is 31.1 Å². The second kappa shape index (κ2) is 9.84. The van der Waals surface area contributed by atoms with Crippen molar-refractivity contribution < 1.29 is 35.9 Å². The Balaban J connectivity index is 1.42. The summed E-state index contributed by atoms with van der Waals surface area (Å²) in [6, 6.07) is 1.18. The number of nitrogens with zero attached hydrogens (tertiary/aromatic N) is 2. The first kappa shape index (κ1) is 25.5. The fourth-order valence-electron chi connectivity index (χ4n) is 4.29. The molecule has 2 amide bonds. The molecular weight excluding hydrogens is 498 g/mol. The van der Waals surface area contributed by atoms with Gasteiger partial charge < -0.3 is 10.6 Å². The maximum Gasteiger partial charge on any atom is 0.416 e. The van der Waals surface area contributed by atoms with Crippen LogP contribution in [0.3, 0.4) is 0 Å². The van der Waals surface area contributed by atoms with Crippen molar-refractivity contribution in [2.45, 2.75) is 44.2 Å². The molecule has 0 radical (unpaired) electrons. The summed E-state index contributed by atoms with van der Waals surface area (Å²) in [5.74, 6) is 0.195. The number of thioether (sulfide) groups is 1. The van der Waals surface area contributed by atoms with Gasteiger partial charge in [-0.3, -0.25) is 19.5 Å². The molecule has 1 atom stereocenters. The van der Waals surface area contributed by atoms with Crippen LogP contribution in [-0.2, 0) is 23.7 Å². The topological polar surface area (TPSA) is 73.8 Å². The Morgan fingerprint density at radius 3 is 2.37 bits per heavy atom. The number of rotatable bonds is 4. The number of carbonyl (C=O) groups excluding carboxylic acids is 2. The van der Waals surface area contributed by atoms with E-state index in [1.807, 2.05) is 6.08 Å². The first-order valence-electron chi connectivity index (χ1n) is 11.0. The predicted octanol–water partition coefficient (Wildman–Crippen LogP) is 4.56. The van der Waals surface area contributed by atoms with E-state index in [2.05, 4.69) is 15.6 Å². The Hall–Kier alpha value is -2.54.